The van der Waals surface area contributed by atoms with Gasteiger partial charge in [-0.05, 0) is 12.1 Å². The Bertz CT molecular complexity index is 677. The number of benzene rings is 1. The number of aromatic nitrogens is 2. The second-order valence-corrected chi connectivity index (χ2v) is 5.53. The fraction of sp³-hybridized carbons (Fsp3) is 0.438. The molecule has 23 heavy (non-hydrogen) atoms. The van der Waals surface area contributed by atoms with Crippen molar-refractivity contribution in [2.75, 3.05) is 33.3 Å². The Labute approximate surface area is 134 Å². The molecular formula is C16H20N4O3. The molecule has 2 aromatic rings. The van der Waals surface area contributed by atoms with E-state index < -0.39 is 0 Å². The molecule has 0 radical (unpaired) electrons. The van der Waals surface area contributed by atoms with E-state index in [0.717, 1.165) is 37.5 Å². The van der Waals surface area contributed by atoms with E-state index >= 15 is 0 Å². The summed E-state index contributed by atoms with van der Waals surface area (Å²) in [5.41, 5.74) is 0.862. The molecule has 1 amide bonds. The molecule has 3 rings (SSSR count). The van der Waals surface area contributed by atoms with Gasteiger partial charge < -0.3 is 14.2 Å². The number of ether oxygens (including phenoxy) is 1. The number of piperazine rings is 1. The third-order valence-corrected chi connectivity index (χ3v) is 3.97. The molecule has 1 aliphatic rings. The molecule has 0 aliphatic carbocycles. The Balaban J connectivity index is 1.62. The third-order valence-electron chi connectivity index (χ3n) is 3.97. The highest BCUT2D eigenvalue weighted by molar-refractivity contribution is 5.73. The molecule has 7 nitrogen and oxygen atoms in total. The summed E-state index contributed by atoms with van der Waals surface area (Å²) < 4.78 is 10.6. The van der Waals surface area contributed by atoms with Gasteiger partial charge in [-0.2, -0.15) is 4.98 Å². The van der Waals surface area contributed by atoms with Crippen molar-refractivity contribution in [3.05, 3.63) is 30.2 Å². The van der Waals surface area contributed by atoms with Crippen LogP contribution in [0.4, 0.5) is 0 Å². The number of carbonyl (C=O) groups is 1. The van der Waals surface area contributed by atoms with Gasteiger partial charge in [0.2, 0.25) is 17.6 Å². The van der Waals surface area contributed by atoms with Crippen LogP contribution in [0, 0.1) is 0 Å². The van der Waals surface area contributed by atoms with Gasteiger partial charge >= 0.3 is 0 Å². The zero-order chi connectivity index (χ0) is 16.2. The van der Waals surface area contributed by atoms with Gasteiger partial charge in [-0.1, -0.05) is 17.3 Å². The number of amides is 1. The molecule has 0 atom stereocenters. The fourth-order valence-corrected chi connectivity index (χ4v) is 2.61. The van der Waals surface area contributed by atoms with Gasteiger partial charge in [-0.3, -0.25) is 9.69 Å². The van der Waals surface area contributed by atoms with Crippen LogP contribution in [0.3, 0.4) is 0 Å². The van der Waals surface area contributed by atoms with Crippen LogP contribution in [-0.4, -0.2) is 59.1 Å². The fourth-order valence-electron chi connectivity index (χ4n) is 2.61. The highest BCUT2D eigenvalue weighted by Crippen LogP contribution is 2.21. The summed E-state index contributed by atoms with van der Waals surface area (Å²) in [6.45, 7) is 5.32. The summed E-state index contributed by atoms with van der Waals surface area (Å²) in [4.78, 5) is 19.8. The summed E-state index contributed by atoms with van der Waals surface area (Å²) in [6, 6.07) is 7.56. The number of hydrogen-bond acceptors (Lipinski definition) is 6. The van der Waals surface area contributed by atoms with Gasteiger partial charge in [0.1, 0.15) is 5.75 Å². The van der Waals surface area contributed by atoms with Crippen molar-refractivity contribution in [1.29, 1.82) is 0 Å². The molecule has 2 heterocycles. The molecule has 1 aromatic heterocycles. The SMILES string of the molecule is COc1cccc(-c2noc(CN3CCN(C(C)=O)CC3)n2)c1. The van der Waals surface area contributed by atoms with Gasteiger partial charge in [-0.25, -0.2) is 0 Å². The van der Waals surface area contributed by atoms with Gasteiger partial charge in [0, 0.05) is 38.7 Å². The van der Waals surface area contributed by atoms with Crippen molar-refractivity contribution in [2.24, 2.45) is 0 Å². The highest BCUT2D eigenvalue weighted by atomic mass is 16.5. The summed E-state index contributed by atoms with van der Waals surface area (Å²) in [6.07, 6.45) is 0. The van der Waals surface area contributed by atoms with Crippen LogP contribution in [0.1, 0.15) is 12.8 Å². The highest BCUT2D eigenvalue weighted by Gasteiger charge is 2.20. The lowest BCUT2D eigenvalue weighted by molar-refractivity contribution is -0.130. The van der Waals surface area contributed by atoms with E-state index in [2.05, 4.69) is 15.0 Å². The molecule has 0 bridgehead atoms. The van der Waals surface area contributed by atoms with Crippen LogP contribution >= 0.6 is 0 Å². The molecule has 0 unspecified atom stereocenters. The van der Waals surface area contributed by atoms with Crippen molar-refractivity contribution in [3.8, 4) is 17.1 Å². The van der Waals surface area contributed by atoms with Crippen LogP contribution in [0.25, 0.3) is 11.4 Å². The Morgan fingerprint density at radius 2 is 2.09 bits per heavy atom. The normalized spacial score (nSPS) is 15.7. The van der Waals surface area contributed by atoms with E-state index in [4.69, 9.17) is 9.26 Å². The molecule has 1 saturated heterocycles. The van der Waals surface area contributed by atoms with E-state index in [-0.39, 0.29) is 5.91 Å². The molecule has 1 aliphatic heterocycles. The Hall–Kier alpha value is -2.41. The van der Waals surface area contributed by atoms with Crippen molar-refractivity contribution >= 4 is 5.91 Å². The Morgan fingerprint density at radius 1 is 1.30 bits per heavy atom. The Morgan fingerprint density at radius 3 is 2.78 bits per heavy atom. The number of nitrogens with zero attached hydrogens (tertiary/aromatic N) is 4. The number of carbonyl (C=O) groups excluding carboxylic acids is 1. The first-order valence-corrected chi connectivity index (χ1v) is 7.60. The lowest BCUT2D eigenvalue weighted by atomic mass is 10.2. The smallest absolute Gasteiger partial charge is 0.241 e. The van der Waals surface area contributed by atoms with E-state index in [0.29, 0.717) is 18.3 Å². The van der Waals surface area contributed by atoms with E-state index in [1.165, 1.54) is 0 Å². The van der Waals surface area contributed by atoms with Gasteiger partial charge in [0.05, 0.1) is 13.7 Å². The largest absolute Gasteiger partial charge is 0.497 e. The van der Waals surface area contributed by atoms with Crippen molar-refractivity contribution in [3.63, 3.8) is 0 Å². The van der Waals surface area contributed by atoms with Crippen molar-refractivity contribution < 1.29 is 14.1 Å². The molecule has 122 valence electrons. The molecule has 7 heteroatoms. The topological polar surface area (TPSA) is 71.7 Å². The number of rotatable bonds is 4. The van der Waals surface area contributed by atoms with E-state index in [1.54, 1.807) is 14.0 Å². The first-order chi connectivity index (χ1) is 11.2. The summed E-state index contributed by atoms with van der Waals surface area (Å²) in [5, 5.41) is 4.04. The minimum Gasteiger partial charge on any atom is -0.497 e. The summed E-state index contributed by atoms with van der Waals surface area (Å²) in [5.74, 6) is 2.03. The van der Waals surface area contributed by atoms with Gasteiger partial charge in [-0.15, -0.1) is 0 Å². The standard InChI is InChI=1S/C16H20N4O3/c1-12(21)20-8-6-19(7-9-20)11-15-17-16(18-23-15)13-4-3-5-14(10-13)22-2/h3-5,10H,6-9,11H2,1-2H3. The second kappa shape index (κ2) is 6.78. The molecule has 1 aromatic carbocycles. The lowest BCUT2D eigenvalue weighted by Gasteiger charge is -2.33. The van der Waals surface area contributed by atoms with Crippen molar-refractivity contribution in [2.45, 2.75) is 13.5 Å². The quantitative estimate of drug-likeness (QED) is 0.849. The summed E-state index contributed by atoms with van der Waals surface area (Å²) >= 11 is 0. The molecule has 0 N–H and O–H groups in total. The minimum atomic E-state index is 0.128. The maximum atomic E-state index is 11.3. The second-order valence-electron chi connectivity index (χ2n) is 5.53. The average Bonchev–Trinajstić information content (AvgIpc) is 3.04. The third kappa shape index (κ3) is 3.68. The zero-order valence-corrected chi connectivity index (χ0v) is 13.4. The summed E-state index contributed by atoms with van der Waals surface area (Å²) in [7, 11) is 1.63. The van der Waals surface area contributed by atoms with Crippen molar-refractivity contribution in [1.82, 2.24) is 19.9 Å². The maximum absolute atomic E-state index is 11.3. The first kappa shape index (κ1) is 15.5. The zero-order valence-electron chi connectivity index (χ0n) is 13.4. The van der Waals surface area contributed by atoms with Crippen LogP contribution in [0.15, 0.2) is 28.8 Å². The number of methoxy groups -OCH3 is 1. The van der Waals surface area contributed by atoms with E-state index in [1.807, 2.05) is 29.2 Å². The van der Waals surface area contributed by atoms with Crippen LogP contribution in [-0.2, 0) is 11.3 Å². The molecular weight excluding hydrogens is 296 g/mol. The number of hydrogen-bond donors (Lipinski definition) is 0. The van der Waals surface area contributed by atoms with Crippen LogP contribution in [0.5, 0.6) is 5.75 Å². The van der Waals surface area contributed by atoms with Gasteiger partial charge in [0.25, 0.3) is 0 Å². The molecule has 1 fully saturated rings. The lowest BCUT2D eigenvalue weighted by Crippen LogP contribution is -2.47. The monoisotopic (exact) mass is 316 g/mol. The van der Waals surface area contributed by atoms with Crippen LogP contribution < -0.4 is 4.74 Å². The molecule has 0 saturated carbocycles. The molecule has 0 spiro atoms. The van der Waals surface area contributed by atoms with Crippen LogP contribution in [0.2, 0.25) is 0 Å². The maximum Gasteiger partial charge on any atom is 0.241 e. The average molecular weight is 316 g/mol. The van der Waals surface area contributed by atoms with Gasteiger partial charge in [0.15, 0.2) is 0 Å². The predicted octanol–water partition coefficient (Wildman–Crippen LogP) is 1.41. The minimum absolute atomic E-state index is 0.128. The first-order valence-electron chi connectivity index (χ1n) is 7.60. The predicted molar refractivity (Wildman–Crippen MR) is 83.8 cm³/mol. The Kier molecular flexibility index (Phi) is 4.57. The van der Waals surface area contributed by atoms with E-state index in [9.17, 15) is 4.79 Å².